The van der Waals surface area contributed by atoms with Gasteiger partial charge in [-0.2, -0.15) is 0 Å². The summed E-state index contributed by atoms with van der Waals surface area (Å²) in [4.78, 5) is 24.5. The molecule has 0 spiro atoms. The van der Waals surface area contributed by atoms with Gasteiger partial charge in [-0.3, -0.25) is 10.2 Å². The van der Waals surface area contributed by atoms with E-state index in [2.05, 4.69) is 10.6 Å². The molecule has 0 saturated carbocycles. The minimum Gasteiger partial charge on any atom is -0.487 e. The Morgan fingerprint density at radius 3 is 2.31 bits per heavy atom. The number of aliphatic hydroxyl groups is 1. The highest BCUT2D eigenvalue weighted by molar-refractivity contribution is 6.08. The lowest BCUT2D eigenvalue weighted by Crippen LogP contribution is -2.17. The second-order valence-electron chi connectivity index (χ2n) is 9.37. The van der Waals surface area contributed by atoms with Crippen molar-refractivity contribution in [3.8, 4) is 11.5 Å². The number of amidine groups is 1. The minimum absolute atomic E-state index is 0.0626. The molecule has 0 saturated heterocycles. The normalized spacial score (nSPS) is 10.7. The SMILES string of the molecule is Cc1cc(NCc2cc(CO)cc(OC(C)C)c2OCC(=O)O)c(C(=O)Nc2ccc(C(=N)N)cc2)cc1C. The van der Waals surface area contributed by atoms with Crippen LogP contribution in [0.2, 0.25) is 0 Å². The number of carboxylic acid groups (broad SMARTS) is 1. The number of nitrogens with two attached hydrogens (primary N) is 1. The predicted molar refractivity (Wildman–Crippen MR) is 150 cm³/mol. The van der Waals surface area contributed by atoms with Gasteiger partial charge in [0.2, 0.25) is 0 Å². The Bertz CT molecular complexity index is 1370. The smallest absolute Gasteiger partial charge is 0.341 e. The van der Waals surface area contributed by atoms with Gasteiger partial charge in [0.1, 0.15) is 5.84 Å². The number of carbonyl (C=O) groups excluding carboxylic acids is 1. The number of hydrogen-bond acceptors (Lipinski definition) is 7. The van der Waals surface area contributed by atoms with Crippen molar-refractivity contribution >= 4 is 29.1 Å². The standard InChI is InChI=1S/C29H34N4O6/c1-16(2)39-25-12-19(14-34)11-21(27(25)38-15-26(35)36)13-32-24-10-18(4)17(3)9-23(24)29(37)33-22-7-5-20(6-8-22)28(30)31/h5-12,16,32,34H,13-15H2,1-4H3,(H3,30,31)(H,33,37)(H,35,36). The Hall–Kier alpha value is -4.57. The molecule has 0 atom stereocenters. The zero-order valence-corrected chi connectivity index (χ0v) is 22.4. The molecule has 10 heteroatoms. The van der Waals surface area contributed by atoms with Crippen LogP contribution >= 0.6 is 0 Å². The van der Waals surface area contributed by atoms with Crippen molar-refractivity contribution in [2.24, 2.45) is 5.73 Å². The lowest BCUT2D eigenvalue weighted by atomic mass is 10.0. The van der Waals surface area contributed by atoms with Crippen molar-refractivity contribution in [3.63, 3.8) is 0 Å². The molecule has 0 radical (unpaired) electrons. The number of rotatable bonds is 12. The molecule has 3 aromatic rings. The van der Waals surface area contributed by atoms with Crippen molar-refractivity contribution in [2.75, 3.05) is 17.2 Å². The van der Waals surface area contributed by atoms with Gasteiger partial charge in [-0.1, -0.05) is 0 Å². The first-order valence-electron chi connectivity index (χ1n) is 12.4. The number of aliphatic carboxylic acids is 1. The largest absolute Gasteiger partial charge is 0.487 e. The molecule has 0 aromatic heterocycles. The van der Waals surface area contributed by atoms with E-state index >= 15 is 0 Å². The summed E-state index contributed by atoms with van der Waals surface area (Å²) < 4.78 is 11.5. The Morgan fingerprint density at radius 2 is 1.72 bits per heavy atom. The number of amides is 1. The summed E-state index contributed by atoms with van der Waals surface area (Å²) in [6.45, 7) is 6.85. The van der Waals surface area contributed by atoms with Crippen LogP contribution < -0.4 is 25.8 Å². The number of nitrogen functional groups attached to an aromatic ring is 1. The maximum atomic E-state index is 13.3. The fourth-order valence-electron chi connectivity index (χ4n) is 3.86. The fraction of sp³-hybridized carbons (Fsp3) is 0.276. The molecule has 7 N–H and O–H groups in total. The van der Waals surface area contributed by atoms with E-state index in [-0.39, 0.29) is 36.7 Å². The van der Waals surface area contributed by atoms with E-state index in [1.165, 1.54) is 0 Å². The zero-order chi connectivity index (χ0) is 28.7. The number of carbonyl (C=O) groups is 2. The van der Waals surface area contributed by atoms with Gasteiger partial charge in [0.05, 0.1) is 18.3 Å². The van der Waals surface area contributed by atoms with Crippen LogP contribution in [0.25, 0.3) is 0 Å². The Kier molecular flexibility index (Phi) is 9.51. The van der Waals surface area contributed by atoms with Crippen LogP contribution in [0, 0.1) is 19.3 Å². The number of nitrogens with one attached hydrogen (secondary N) is 3. The van der Waals surface area contributed by atoms with Gasteiger partial charge in [0.25, 0.3) is 5.91 Å². The summed E-state index contributed by atoms with van der Waals surface area (Å²) in [5.74, 6) is -0.975. The number of aliphatic hydroxyl groups excluding tert-OH is 1. The average molecular weight is 535 g/mol. The molecule has 10 nitrogen and oxygen atoms in total. The van der Waals surface area contributed by atoms with E-state index in [9.17, 15) is 19.8 Å². The molecule has 0 bridgehead atoms. The number of carboxylic acids is 1. The van der Waals surface area contributed by atoms with Crippen molar-refractivity contribution < 1.29 is 29.3 Å². The average Bonchev–Trinajstić information content (AvgIpc) is 2.87. The second-order valence-corrected chi connectivity index (χ2v) is 9.37. The molecule has 3 rings (SSSR count). The van der Waals surface area contributed by atoms with Crippen LogP contribution in [-0.2, 0) is 17.9 Å². The molecule has 0 aliphatic heterocycles. The summed E-state index contributed by atoms with van der Waals surface area (Å²) in [6.07, 6.45) is -0.216. The molecular weight excluding hydrogens is 500 g/mol. The third-order valence-corrected chi connectivity index (χ3v) is 5.88. The summed E-state index contributed by atoms with van der Waals surface area (Å²) in [5, 5.41) is 32.7. The van der Waals surface area contributed by atoms with Crippen molar-refractivity contribution in [3.05, 3.63) is 81.9 Å². The quantitative estimate of drug-likeness (QED) is 0.149. The number of benzene rings is 3. The molecule has 1 amide bonds. The molecule has 3 aromatic carbocycles. The highest BCUT2D eigenvalue weighted by atomic mass is 16.5. The zero-order valence-electron chi connectivity index (χ0n) is 22.4. The summed E-state index contributed by atoms with van der Waals surface area (Å²) in [5.41, 5.74) is 10.6. The van der Waals surface area contributed by atoms with E-state index in [1.807, 2.05) is 33.8 Å². The summed E-state index contributed by atoms with van der Waals surface area (Å²) in [6, 6.07) is 13.6. The van der Waals surface area contributed by atoms with Gasteiger partial charge < -0.3 is 36.1 Å². The highest BCUT2D eigenvalue weighted by Crippen LogP contribution is 2.35. The van der Waals surface area contributed by atoms with Gasteiger partial charge in [0.15, 0.2) is 18.1 Å². The summed E-state index contributed by atoms with van der Waals surface area (Å²) in [7, 11) is 0. The molecule has 0 heterocycles. The van der Waals surface area contributed by atoms with E-state index < -0.39 is 12.6 Å². The van der Waals surface area contributed by atoms with E-state index in [1.54, 1.807) is 42.5 Å². The number of anilines is 2. The fourth-order valence-corrected chi connectivity index (χ4v) is 3.86. The lowest BCUT2D eigenvalue weighted by Gasteiger charge is -2.20. The Labute approximate surface area is 227 Å². The van der Waals surface area contributed by atoms with Gasteiger partial charge in [0, 0.05) is 29.0 Å². The maximum absolute atomic E-state index is 13.3. The van der Waals surface area contributed by atoms with Crippen LogP contribution in [0.1, 0.15) is 52.0 Å². The van der Waals surface area contributed by atoms with Gasteiger partial charge in [-0.15, -0.1) is 0 Å². The maximum Gasteiger partial charge on any atom is 0.341 e. The van der Waals surface area contributed by atoms with E-state index in [4.69, 9.17) is 20.6 Å². The Balaban J connectivity index is 1.94. The van der Waals surface area contributed by atoms with E-state index in [0.29, 0.717) is 39.4 Å². The number of aryl methyl sites for hydroxylation is 2. The molecule has 0 unspecified atom stereocenters. The second kappa shape index (κ2) is 12.8. The van der Waals surface area contributed by atoms with E-state index in [0.717, 1.165) is 11.1 Å². The monoisotopic (exact) mass is 534 g/mol. The lowest BCUT2D eigenvalue weighted by molar-refractivity contribution is -0.139. The first kappa shape index (κ1) is 29.0. The van der Waals surface area contributed by atoms with Crippen LogP contribution in [0.15, 0.2) is 48.5 Å². The Morgan fingerprint density at radius 1 is 1.05 bits per heavy atom. The highest BCUT2D eigenvalue weighted by Gasteiger charge is 2.19. The van der Waals surface area contributed by atoms with Crippen LogP contribution in [0.5, 0.6) is 11.5 Å². The molecule has 206 valence electrons. The molecule has 0 aliphatic carbocycles. The van der Waals surface area contributed by atoms with Gasteiger partial charge in [-0.25, -0.2) is 4.79 Å². The molecule has 0 aliphatic rings. The molecule has 0 fully saturated rings. The third kappa shape index (κ3) is 7.71. The first-order chi connectivity index (χ1) is 18.5. The van der Waals surface area contributed by atoms with Gasteiger partial charge >= 0.3 is 5.97 Å². The molecule has 39 heavy (non-hydrogen) atoms. The van der Waals surface area contributed by atoms with Gasteiger partial charge in [-0.05, 0) is 92.9 Å². The number of ether oxygens (including phenoxy) is 2. The van der Waals surface area contributed by atoms with Crippen LogP contribution in [-0.4, -0.2) is 40.6 Å². The predicted octanol–water partition coefficient (Wildman–Crippen LogP) is 4.19. The number of hydrogen-bond donors (Lipinski definition) is 6. The topological polar surface area (TPSA) is 167 Å². The van der Waals surface area contributed by atoms with Crippen LogP contribution in [0.3, 0.4) is 0 Å². The van der Waals surface area contributed by atoms with Crippen molar-refractivity contribution in [2.45, 2.75) is 47.0 Å². The minimum atomic E-state index is -1.14. The molecular formula is C29H34N4O6. The van der Waals surface area contributed by atoms with Crippen molar-refractivity contribution in [1.82, 2.24) is 0 Å². The third-order valence-electron chi connectivity index (χ3n) is 5.88. The van der Waals surface area contributed by atoms with Crippen LogP contribution in [0.4, 0.5) is 11.4 Å². The van der Waals surface area contributed by atoms with Crippen molar-refractivity contribution in [1.29, 1.82) is 5.41 Å². The first-order valence-corrected chi connectivity index (χ1v) is 12.4. The summed E-state index contributed by atoms with van der Waals surface area (Å²) >= 11 is 0.